The molecule has 15 heavy (non-hydrogen) atoms. The molecule has 0 aliphatic heterocycles. The van der Waals surface area contributed by atoms with Crippen molar-refractivity contribution in [3.63, 3.8) is 0 Å². The number of carbonyl (C=O) groups is 2. The predicted octanol–water partition coefficient (Wildman–Crippen LogP) is 1.44. The Labute approximate surface area is 84.4 Å². The molecule has 1 heterocycles. The van der Waals surface area contributed by atoms with Gasteiger partial charge in [-0.15, -0.1) is 0 Å². The van der Waals surface area contributed by atoms with Crippen molar-refractivity contribution in [2.45, 2.75) is 13.8 Å². The van der Waals surface area contributed by atoms with Crippen molar-refractivity contribution in [3.8, 4) is 0 Å². The highest BCUT2D eigenvalue weighted by atomic mass is 19.3. The number of carboxylic acids is 1. The van der Waals surface area contributed by atoms with Crippen molar-refractivity contribution in [1.82, 2.24) is 4.98 Å². The monoisotopic (exact) mass is 213 g/mol. The SMILES string of the molecule is Cc1c(C(=O)OF)cnc(C(=O)O)c1C. The normalized spacial score (nSPS) is 9.80. The lowest BCUT2D eigenvalue weighted by Crippen LogP contribution is -2.10. The number of aromatic carboxylic acids is 1. The first-order chi connectivity index (χ1) is 6.99. The molecule has 0 amide bonds. The molecule has 0 bridgehead atoms. The van der Waals surface area contributed by atoms with Gasteiger partial charge in [-0.2, -0.15) is 0 Å². The summed E-state index contributed by atoms with van der Waals surface area (Å²) in [6, 6.07) is 0. The molecule has 80 valence electrons. The molecule has 0 fully saturated rings. The van der Waals surface area contributed by atoms with Crippen LogP contribution in [0, 0.1) is 13.8 Å². The highest BCUT2D eigenvalue weighted by Gasteiger charge is 2.18. The maximum Gasteiger partial charge on any atom is 0.381 e. The molecule has 1 rings (SSSR count). The fourth-order valence-electron chi connectivity index (χ4n) is 1.17. The van der Waals surface area contributed by atoms with Crippen LogP contribution in [0.25, 0.3) is 0 Å². The summed E-state index contributed by atoms with van der Waals surface area (Å²) in [5.74, 6) is -2.38. The van der Waals surface area contributed by atoms with Crippen molar-refractivity contribution < 1.29 is 24.2 Å². The minimum atomic E-state index is -1.20. The second-order valence-electron chi connectivity index (χ2n) is 2.94. The van der Waals surface area contributed by atoms with Gasteiger partial charge in [-0.05, 0) is 25.0 Å². The summed E-state index contributed by atoms with van der Waals surface area (Å²) in [4.78, 5) is 28.1. The number of carboxylic acid groups (broad SMARTS) is 1. The lowest BCUT2D eigenvalue weighted by atomic mass is 10.0. The lowest BCUT2D eigenvalue weighted by molar-refractivity contribution is -0.0789. The number of rotatable bonds is 2. The molecule has 0 aromatic carbocycles. The summed E-state index contributed by atoms with van der Waals surface area (Å²) in [7, 11) is 0. The molecule has 0 spiro atoms. The second kappa shape index (κ2) is 4.04. The van der Waals surface area contributed by atoms with Gasteiger partial charge in [0.1, 0.15) is 0 Å². The number of hydrogen-bond donors (Lipinski definition) is 1. The van der Waals surface area contributed by atoms with Gasteiger partial charge in [0.2, 0.25) is 0 Å². The van der Waals surface area contributed by atoms with Gasteiger partial charge in [0.25, 0.3) is 0 Å². The topological polar surface area (TPSA) is 76.5 Å². The zero-order valence-electron chi connectivity index (χ0n) is 8.07. The van der Waals surface area contributed by atoms with Crippen LogP contribution >= 0.6 is 0 Å². The molecular weight excluding hydrogens is 205 g/mol. The van der Waals surface area contributed by atoms with E-state index in [0.29, 0.717) is 11.1 Å². The molecule has 0 saturated carbocycles. The molecular formula is C9H8FNO4. The van der Waals surface area contributed by atoms with Gasteiger partial charge in [-0.3, -0.25) is 0 Å². The van der Waals surface area contributed by atoms with Crippen LogP contribution in [-0.2, 0) is 4.94 Å². The van der Waals surface area contributed by atoms with Crippen molar-refractivity contribution in [1.29, 1.82) is 0 Å². The number of pyridine rings is 1. The Hall–Kier alpha value is -1.98. The fraction of sp³-hybridized carbons (Fsp3) is 0.222. The van der Waals surface area contributed by atoms with Crippen LogP contribution in [0.1, 0.15) is 32.0 Å². The summed E-state index contributed by atoms with van der Waals surface area (Å²) in [5, 5.41) is 8.72. The van der Waals surface area contributed by atoms with Crippen molar-refractivity contribution >= 4 is 11.9 Å². The maximum absolute atomic E-state index is 11.6. The van der Waals surface area contributed by atoms with E-state index < -0.39 is 11.9 Å². The Morgan fingerprint density at radius 1 is 1.40 bits per heavy atom. The Balaban J connectivity index is 3.33. The van der Waals surface area contributed by atoms with Crippen molar-refractivity contribution in [2.24, 2.45) is 0 Å². The summed E-state index contributed by atoms with van der Waals surface area (Å²) in [6.07, 6.45) is 0.980. The van der Waals surface area contributed by atoms with Gasteiger partial charge in [0.15, 0.2) is 5.69 Å². The van der Waals surface area contributed by atoms with E-state index in [4.69, 9.17) is 5.11 Å². The van der Waals surface area contributed by atoms with Crippen LogP contribution in [0.5, 0.6) is 0 Å². The minimum Gasteiger partial charge on any atom is -0.477 e. The largest absolute Gasteiger partial charge is 0.477 e. The third-order valence-electron chi connectivity index (χ3n) is 2.14. The van der Waals surface area contributed by atoms with Gasteiger partial charge >= 0.3 is 11.9 Å². The van der Waals surface area contributed by atoms with Crippen molar-refractivity contribution in [2.75, 3.05) is 0 Å². The smallest absolute Gasteiger partial charge is 0.381 e. The summed E-state index contributed by atoms with van der Waals surface area (Å²) < 4.78 is 11.6. The molecule has 1 aromatic rings. The molecule has 0 atom stereocenters. The highest BCUT2D eigenvalue weighted by molar-refractivity contribution is 5.93. The molecule has 5 nitrogen and oxygen atoms in total. The summed E-state index contributed by atoms with van der Waals surface area (Å²) in [5.41, 5.74) is 0.401. The third kappa shape index (κ3) is 1.93. The molecule has 1 aromatic heterocycles. The van der Waals surface area contributed by atoms with Gasteiger partial charge in [-0.25, -0.2) is 19.5 Å². The zero-order valence-corrected chi connectivity index (χ0v) is 8.07. The average molecular weight is 213 g/mol. The third-order valence-corrected chi connectivity index (χ3v) is 2.14. The first-order valence-electron chi connectivity index (χ1n) is 4.01. The Morgan fingerprint density at radius 3 is 2.47 bits per heavy atom. The van der Waals surface area contributed by atoms with Gasteiger partial charge in [0.05, 0.1) is 5.56 Å². The minimum absolute atomic E-state index is 0.0833. The van der Waals surface area contributed by atoms with Crippen LogP contribution in [0.15, 0.2) is 6.20 Å². The number of nitrogens with zero attached hydrogens (tertiary/aromatic N) is 1. The molecule has 0 radical (unpaired) electrons. The first-order valence-corrected chi connectivity index (χ1v) is 4.01. The maximum atomic E-state index is 11.6. The van der Waals surface area contributed by atoms with Crippen LogP contribution < -0.4 is 0 Å². The molecule has 0 unspecified atom stereocenters. The van der Waals surface area contributed by atoms with Gasteiger partial charge in [0, 0.05) is 10.7 Å². The second-order valence-corrected chi connectivity index (χ2v) is 2.94. The number of hydrogen-bond acceptors (Lipinski definition) is 4. The number of aromatic nitrogens is 1. The lowest BCUT2D eigenvalue weighted by Gasteiger charge is -2.06. The fourth-order valence-corrected chi connectivity index (χ4v) is 1.17. The predicted molar refractivity (Wildman–Crippen MR) is 47.2 cm³/mol. The van der Waals surface area contributed by atoms with E-state index in [0.717, 1.165) is 6.20 Å². The van der Waals surface area contributed by atoms with E-state index in [2.05, 4.69) is 9.93 Å². The van der Waals surface area contributed by atoms with E-state index in [-0.39, 0.29) is 11.3 Å². The van der Waals surface area contributed by atoms with Crippen LogP contribution in [-0.4, -0.2) is 22.0 Å². The van der Waals surface area contributed by atoms with Crippen molar-refractivity contribution in [3.05, 3.63) is 28.6 Å². The van der Waals surface area contributed by atoms with Crippen LogP contribution in [0.2, 0.25) is 0 Å². The molecule has 0 aliphatic rings. The average Bonchev–Trinajstić information content (AvgIpc) is 2.20. The van der Waals surface area contributed by atoms with E-state index in [9.17, 15) is 14.1 Å². The Morgan fingerprint density at radius 2 is 2.00 bits per heavy atom. The van der Waals surface area contributed by atoms with E-state index in [1.54, 1.807) is 0 Å². The zero-order chi connectivity index (χ0) is 11.6. The molecule has 0 saturated heterocycles. The summed E-state index contributed by atoms with van der Waals surface area (Å²) >= 11 is 0. The molecule has 0 aliphatic carbocycles. The number of carbonyl (C=O) groups excluding carboxylic acids is 1. The highest BCUT2D eigenvalue weighted by Crippen LogP contribution is 2.16. The van der Waals surface area contributed by atoms with Gasteiger partial charge < -0.3 is 5.11 Å². The van der Waals surface area contributed by atoms with E-state index in [1.165, 1.54) is 13.8 Å². The van der Waals surface area contributed by atoms with Crippen LogP contribution in [0.3, 0.4) is 0 Å². The standard InChI is InChI=1S/C9H8FNO4/c1-4-5(2)7(8(12)13)11-3-6(4)9(14)15-10/h3H,1-2H3,(H,12,13). The Kier molecular flexibility index (Phi) is 2.99. The summed E-state index contributed by atoms with van der Waals surface area (Å²) in [6.45, 7) is 2.98. The van der Waals surface area contributed by atoms with Gasteiger partial charge in [-0.1, -0.05) is 0 Å². The molecule has 1 N–H and O–H groups in total. The molecule has 6 heteroatoms. The quantitative estimate of drug-likeness (QED) is 0.804. The van der Waals surface area contributed by atoms with Crippen LogP contribution in [0.4, 0.5) is 4.53 Å². The van der Waals surface area contributed by atoms with E-state index >= 15 is 0 Å². The first kappa shape index (κ1) is 11.1. The number of halogens is 1. The Bertz CT molecular complexity index is 430. The van der Waals surface area contributed by atoms with E-state index in [1.807, 2.05) is 0 Å².